The quantitative estimate of drug-likeness (QED) is 0.0452. The number of benzene rings is 2. The van der Waals surface area contributed by atoms with Crippen molar-refractivity contribution < 1.29 is 39.2 Å². The molecule has 284 valence electrons. The van der Waals surface area contributed by atoms with Crippen molar-refractivity contribution in [3.8, 4) is 23.0 Å². The fourth-order valence-corrected chi connectivity index (χ4v) is 5.62. The van der Waals surface area contributed by atoms with Gasteiger partial charge in [-0.3, -0.25) is 14.4 Å². The lowest BCUT2D eigenvalue weighted by molar-refractivity contribution is -0.137. The maximum Gasteiger partial charge on any atom is 0.303 e. The van der Waals surface area contributed by atoms with Crippen molar-refractivity contribution >= 4 is 29.7 Å². The normalized spacial score (nSPS) is 11.0. The number of allylic oxidation sites excluding steroid dienone is 2. The predicted octanol–water partition coefficient (Wildman–Crippen LogP) is 11.3. The summed E-state index contributed by atoms with van der Waals surface area (Å²) in [6.07, 6.45) is 31.5. The lowest BCUT2D eigenvalue weighted by Gasteiger charge is -2.03. The first-order chi connectivity index (χ1) is 24.7. The van der Waals surface area contributed by atoms with Gasteiger partial charge in [-0.1, -0.05) is 147 Å². The van der Waals surface area contributed by atoms with Crippen LogP contribution in [-0.2, 0) is 14.4 Å². The van der Waals surface area contributed by atoms with Crippen molar-refractivity contribution in [1.29, 1.82) is 0 Å². The van der Waals surface area contributed by atoms with E-state index in [9.17, 15) is 24.6 Å². The number of hydrogen-bond acceptors (Lipinski definition) is 7. The van der Waals surface area contributed by atoms with Crippen LogP contribution in [0.5, 0.6) is 23.0 Å². The number of carbonyl (C=O) groups excluding carboxylic acids is 2. The summed E-state index contributed by atoms with van der Waals surface area (Å²) in [5.74, 6) is -0.734. The third-order valence-corrected chi connectivity index (χ3v) is 8.67. The maximum absolute atomic E-state index is 11.9. The standard InChI is InChI=1S/C22H44O2.C21H20O6/c1-2-3-4-5-6-7-8-9-10-11-12-13-14-15-16-17-18-19-20-21-22(23)24;1-26-20-11-14(5-9-18(20)24)3-7-16(22)13-17(23)8-4-15-6-10-19(25)21(12-15)27-2/h2-21H2,1H3,(H,23,24);3-12,24-25H,13H2,1-2H3/b;7-3+,8-4+. The van der Waals surface area contributed by atoms with Crippen molar-refractivity contribution in [2.45, 2.75) is 142 Å². The summed E-state index contributed by atoms with van der Waals surface area (Å²) in [4.78, 5) is 34.2. The Hall–Kier alpha value is -4.07. The molecule has 0 saturated carbocycles. The fraction of sp³-hybridized carbons (Fsp3) is 0.558. The van der Waals surface area contributed by atoms with E-state index in [1.54, 1.807) is 36.4 Å². The van der Waals surface area contributed by atoms with Crippen molar-refractivity contribution in [2.75, 3.05) is 14.2 Å². The minimum atomic E-state index is -0.651. The van der Waals surface area contributed by atoms with Crippen molar-refractivity contribution in [3.05, 3.63) is 59.7 Å². The monoisotopic (exact) mass is 708 g/mol. The third-order valence-electron chi connectivity index (χ3n) is 8.67. The summed E-state index contributed by atoms with van der Waals surface area (Å²) in [7, 11) is 2.87. The molecular formula is C43H64O8. The van der Waals surface area contributed by atoms with Gasteiger partial charge in [0, 0.05) is 6.42 Å². The van der Waals surface area contributed by atoms with Crippen LogP contribution >= 0.6 is 0 Å². The number of carboxylic acid groups (broad SMARTS) is 1. The molecule has 0 heterocycles. The van der Waals surface area contributed by atoms with E-state index in [0.29, 0.717) is 29.0 Å². The van der Waals surface area contributed by atoms with Crippen molar-refractivity contribution in [1.82, 2.24) is 0 Å². The zero-order chi connectivity index (χ0) is 37.5. The number of ether oxygens (including phenoxy) is 2. The first-order valence-corrected chi connectivity index (χ1v) is 19.1. The second-order valence-corrected chi connectivity index (χ2v) is 13.1. The van der Waals surface area contributed by atoms with Crippen LogP contribution < -0.4 is 9.47 Å². The molecule has 0 aliphatic heterocycles. The minimum absolute atomic E-state index is 0.00662. The molecule has 0 spiro atoms. The van der Waals surface area contributed by atoms with E-state index in [-0.39, 0.29) is 29.5 Å². The SMILES string of the molecule is CCCCCCCCCCCCCCCCCCCCCC(=O)O.COc1cc(/C=C/C(=O)CC(=O)/C=C/c2ccc(O)c(OC)c2)ccc1O. The van der Waals surface area contributed by atoms with Gasteiger partial charge in [-0.25, -0.2) is 0 Å². The molecule has 51 heavy (non-hydrogen) atoms. The molecule has 0 bridgehead atoms. The number of carbonyl (C=O) groups is 3. The summed E-state index contributed by atoms with van der Waals surface area (Å²) in [6, 6.07) is 9.34. The average Bonchev–Trinajstić information content (AvgIpc) is 3.12. The third kappa shape index (κ3) is 23.9. The highest BCUT2D eigenvalue weighted by Gasteiger charge is 2.06. The maximum atomic E-state index is 11.9. The number of methoxy groups -OCH3 is 2. The summed E-state index contributed by atoms with van der Waals surface area (Å²) >= 11 is 0. The number of carboxylic acids is 1. The largest absolute Gasteiger partial charge is 0.504 e. The molecule has 0 unspecified atom stereocenters. The summed E-state index contributed by atoms with van der Waals surface area (Å²) in [5.41, 5.74) is 1.33. The van der Waals surface area contributed by atoms with E-state index in [4.69, 9.17) is 14.6 Å². The number of phenols is 2. The van der Waals surface area contributed by atoms with Gasteiger partial charge in [-0.2, -0.15) is 0 Å². The first-order valence-electron chi connectivity index (χ1n) is 19.1. The highest BCUT2D eigenvalue weighted by atomic mass is 16.5. The van der Waals surface area contributed by atoms with Gasteiger partial charge >= 0.3 is 5.97 Å². The van der Waals surface area contributed by atoms with Crippen LogP contribution in [-0.4, -0.2) is 47.1 Å². The van der Waals surface area contributed by atoms with Gasteiger partial charge in [0.25, 0.3) is 0 Å². The Morgan fingerprint density at radius 1 is 0.549 bits per heavy atom. The number of rotatable bonds is 28. The molecule has 0 radical (unpaired) electrons. The van der Waals surface area contributed by atoms with Gasteiger partial charge in [0.05, 0.1) is 20.6 Å². The highest BCUT2D eigenvalue weighted by molar-refractivity contribution is 6.10. The summed E-state index contributed by atoms with van der Waals surface area (Å²) in [6.45, 7) is 2.28. The van der Waals surface area contributed by atoms with E-state index in [1.165, 1.54) is 148 Å². The molecule has 0 amide bonds. The molecule has 0 aliphatic rings. The number of phenolic OH excluding ortho intramolecular Hbond substituents is 2. The van der Waals surface area contributed by atoms with Crippen LogP contribution in [0.2, 0.25) is 0 Å². The molecule has 8 nitrogen and oxygen atoms in total. The zero-order valence-electron chi connectivity index (χ0n) is 31.5. The molecule has 0 fully saturated rings. The van der Waals surface area contributed by atoms with E-state index in [1.807, 2.05) is 0 Å². The molecule has 8 heteroatoms. The lowest BCUT2D eigenvalue weighted by atomic mass is 10.0. The second kappa shape index (κ2) is 29.6. The molecular weight excluding hydrogens is 644 g/mol. The van der Waals surface area contributed by atoms with E-state index in [0.717, 1.165) is 12.8 Å². The van der Waals surface area contributed by atoms with Crippen molar-refractivity contribution in [3.63, 3.8) is 0 Å². The number of hydrogen-bond donors (Lipinski definition) is 3. The van der Waals surface area contributed by atoms with Gasteiger partial charge in [0.15, 0.2) is 34.6 Å². The molecule has 2 rings (SSSR count). The van der Waals surface area contributed by atoms with Crippen LogP contribution in [0.25, 0.3) is 12.2 Å². The van der Waals surface area contributed by atoms with Crippen molar-refractivity contribution in [2.24, 2.45) is 0 Å². The number of aromatic hydroxyl groups is 2. The summed E-state index contributed by atoms with van der Waals surface area (Å²) in [5, 5.41) is 27.6. The van der Waals surface area contributed by atoms with Gasteiger partial charge < -0.3 is 24.8 Å². The zero-order valence-corrected chi connectivity index (χ0v) is 31.5. The Morgan fingerprint density at radius 2 is 0.882 bits per heavy atom. The van der Waals surface area contributed by atoms with Crippen LogP contribution in [0.3, 0.4) is 0 Å². The molecule has 0 saturated heterocycles. The predicted molar refractivity (Wildman–Crippen MR) is 208 cm³/mol. The van der Waals surface area contributed by atoms with Gasteiger partial charge in [0.2, 0.25) is 0 Å². The lowest BCUT2D eigenvalue weighted by Crippen LogP contribution is -2.01. The average molecular weight is 709 g/mol. The molecule has 0 aliphatic carbocycles. The fourth-order valence-electron chi connectivity index (χ4n) is 5.62. The smallest absolute Gasteiger partial charge is 0.303 e. The van der Waals surface area contributed by atoms with E-state index < -0.39 is 5.97 Å². The Kier molecular flexibility index (Phi) is 26.1. The minimum Gasteiger partial charge on any atom is -0.504 e. The number of unbranched alkanes of at least 4 members (excludes halogenated alkanes) is 18. The Morgan fingerprint density at radius 3 is 1.20 bits per heavy atom. The number of aliphatic carboxylic acids is 1. The first kappa shape index (κ1) is 45.0. The van der Waals surface area contributed by atoms with Gasteiger partial charge in [-0.05, 0) is 54.0 Å². The van der Waals surface area contributed by atoms with Crippen LogP contribution in [0.15, 0.2) is 48.6 Å². The topological polar surface area (TPSA) is 130 Å². The second-order valence-electron chi connectivity index (χ2n) is 13.1. The Balaban J connectivity index is 0.000000515. The molecule has 3 N–H and O–H groups in total. The number of ketones is 2. The van der Waals surface area contributed by atoms with Gasteiger partial charge in [-0.15, -0.1) is 0 Å². The van der Waals surface area contributed by atoms with Crippen LogP contribution in [0.1, 0.15) is 153 Å². The molecule has 0 atom stereocenters. The van der Waals surface area contributed by atoms with Gasteiger partial charge in [0.1, 0.15) is 0 Å². The van der Waals surface area contributed by atoms with Crippen LogP contribution in [0, 0.1) is 0 Å². The van der Waals surface area contributed by atoms with Crippen LogP contribution in [0.4, 0.5) is 0 Å². The molecule has 0 aromatic heterocycles. The molecule has 2 aromatic carbocycles. The summed E-state index contributed by atoms with van der Waals surface area (Å²) < 4.78 is 10.00. The molecule has 2 aromatic rings. The van der Waals surface area contributed by atoms with E-state index >= 15 is 0 Å². The Bertz CT molecular complexity index is 1240. The Labute approximate surface area is 307 Å². The highest BCUT2D eigenvalue weighted by Crippen LogP contribution is 2.28. The van der Waals surface area contributed by atoms with E-state index in [2.05, 4.69) is 6.92 Å².